The van der Waals surface area contributed by atoms with Gasteiger partial charge in [0, 0.05) is 23.0 Å². The van der Waals surface area contributed by atoms with E-state index in [9.17, 15) is 9.90 Å². The third-order valence-electron chi connectivity index (χ3n) is 2.43. The van der Waals surface area contributed by atoms with Crippen molar-refractivity contribution >= 4 is 29.1 Å². The van der Waals surface area contributed by atoms with Crippen LogP contribution in [0.1, 0.15) is 19.4 Å². The lowest BCUT2D eigenvalue weighted by Gasteiger charge is -2.20. The molecule has 0 aliphatic carbocycles. The van der Waals surface area contributed by atoms with Crippen LogP contribution in [-0.2, 0) is 11.3 Å². The molecule has 0 radical (unpaired) electrons. The fourth-order valence-corrected chi connectivity index (χ4v) is 1.49. The number of aromatic hydroxyl groups is 1. The van der Waals surface area contributed by atoms with Gasteiger partial charge < -0.3 is 10.4 Å². The summed E-state index contributed by atoms with van der Waals surface area (Å²) in [6.07, 6.45) is 0. The number of carbonyl (C=O) groups is 1. The van der Waals surface area contributed by atoms with Gasteiger partial charge in [-0.05, 0) is 32.0 Å². The molecule has 0 unspecified atom stereocenters. The van der Waals surface area contributed by atoms with E-state index in [-0.39, 0.29) is 24.1 Å². The Labute approximate surface area is 111 Å². The highest BCUT2D eigenvalue weighted by Crippen LogP contribution is 2.22. The zero-order valence-electron chi connectivity index (χ0n) is 9.76. The van der Waals surface area contributed by atoms with Crippen LogP contribution in [0.2, 0.25) is 5.02 Å². The minimum Gasteiger partial charge on any atom is -0.508 e. The molecule has 1 aromatic carbocycles. The van der Waals surface area contributed by atoms with Gasteiger partial charge in [0.25, 0.3) is 0 Å². The molecule has 2 N–H and O–H groups in total. The largest absolute Gasteiger partial charge is 0.508 e. The van der Waals surface area contributed by atoms with Gasteiger partial charge in [0.1, 0.15) is 5.75 Å². The number of phenols is 1. The molecule has 0 aliphatic rings. The molecule has 1 amide bonds. The quantitative estimate of drug-likeness (QED) is 0.831. The molecule has 0 saturated heterocycles. The van der Waals surface area contributed by atoms with Crippen molar-refractivity contribution < 1.29 is 9.90 Å². The molecular weight excluding hydrogens is 261 g/mol. The second-order valence-electron chi connectivity index (χ2n) is 4.47. The lowest BCUT2D eigenvalue weighted by atomic mass is 9.95. The number of amides is 1. The van der Waals surface area contributed by atoms with Gasteiger partial charge in [-0.25, -0.2) is 0 Å². The van der Waals surface area contributed by atoms with Crippen molar-refractivity contribution in [1.82, 2.24) is 5.32 Å². The Bertz CT molecular complexity index is 419. The number of phenolic OH excluding ortho intramolecular Hbond substituents is 1. The van der Waals surface area contributed by atoms with E-state index in [0.717, 1.165) is 0 Å². The van der Waals surface area contributed by atoms with Gasteiger partial charge in [-0.3, -0.25) is 4.79 Å². The lowest BCUT2D eigenvalue weighted by molar-refractivity contribution is -0.128. The minimum atomic E-state index is -0.629. The van der Waals surface area contributed by atoms with Crippen LogP contribution in [0.3, 0.4) is 0 Å². The Hall–Kier alpha value is -0.930. The average Bonchev–Trinajstić information content (AvgIpc) is 2.29. The topological polar surface area (TPSA) is 49.3 Å². The number of carbonyl (C=O) groups excluding carboxylic acids is 1. The standard InChI is InChI=1S/C12H15Cl2NO2/c1-12(2,7-13)11(17)15-6-8-5-9(14)3-4-10(8)16/h3-5,16H,6-7H2,1-2H3,(H,15,17). The average molecular weight is 276 g/mol. The van der Waals surface area contributed by atoms with E-state index in [0.29, 0.717) is 10.6 Å². The van der Waals surface area contributed by atoms with Gasteiger partial charge >= 0.3 is 0 Å². The van der Waals surface area contributed by atoms with Crippen LogP contribution in [0.15, 0.2) is 18.2 Å². The maximum absolute atomic E-state index is 11.8. The fraction of sp³-hybridized carbons (Fsp3) is 0.417. The number of alkyl halides is 1. The van der Waals surface area contributed by atoms with Crippen molar-refractivity contribution in [3.8, 4) is 5.75 Å². The van der Waals surface area contributed by atoms with E-state index in [4.69, 9.17) is 23.2 Å². The first kappa shape index (κ1) is 14.1. The molecule has 5 heteroatoms. The number of rotatable bonds is 4. The molecule has 0 heterocycles. The number of nitrogens with one attached hydrogen (secondary N) is 1. The van der Waals surface area contributed by atoms with Crippen molar-refractivity contribution in [2.75, 3.05) is 5.88 Å². The summed E-state index contributed by atoms with van der Waals surface area (Å²) >= 11 is 11.5. The maximum Gasteiger partial charge on any atom is 0.227 e. The smallest absolute Gasteiger partial charge is 0.227 e. The number of hydrogen-bond donors (Lipinski definition) is 2. The molecule has 0 fully saturated rings. The lowest BCUT2D eigenvalue weighted by Crippen LogP contribution is -2.37. The van der Waals surface area contributed by atoms with Gasteiger partial charge in [-0.15, -0.1) is 11.6 Å². The van der Waals surface area contributed by atoms with Crippen LogP contribution < -0.4 is 5.32 Å². The minimum absolute atomic E-state index is 0.110. The van der Waals surface area contributed by atoms with Gasteiger partial charge in [-0.1, -0.05) is 11.6 Å². The first-order valence-electron chi connectivity index (χ1n) is 5.18. The molecule has 1 rings (SSSR count). The predicted octanol–water partition coefficient (Wildman–Crippen LogP) is 2.93. The van der Waals surface area contributed by atoms with E-state index >= 15 is 0 Å². The summed E-state index contributed by atoms with van der Waals surface area (Å²) in [5.74, 6) is 0.186. The third-order valence-corrected chi connectivity index (χ3v) is 3.33. The predicted molar refractivity (Wildman–Crippen MR) is 69.5 cm³/mol. The SMILES string of the molecule is CC(C)(CCl)C(=O)NCc1cc(Cl)ccc1O. The van der Waals surface area contributed by atoms with Crippen LogP contribution in [0, 0.1) is 5.41 Å². The Morgan fingerprint density at radius 2 is 2.12 bits per heavy atom. The molecular formula is C12H15Cl2NO2. The second kappa shape index (κ2) is 5.61. The van der Waals surface area contributed by atoms with Crippen LogP contribution in [0.5, 0.6) is 5.75 Å². The van der Waals surface area contributed by atoms with Crippen molar-refractivity contribution in [3.05, 3.63) is 28.8 Å². The number of benzene rings is 1. The first-order chi connectivity index (χ1) is 7.86. The van der Waals surface area contributed by atoms with Gasteiger partial charge in [0.05, 0.1) is 5.41 Å². The Morgan fingerprint density at radius 3 is 2.71 bits per heavy atom. The second-order valence-corrected chi connectivity index (χ2v) is 5.18. The molecule has 1 aromatic rings. The summed E-state index contributed by atoms with van der Waals surface area (Å²) in [6.45, 7) is 3.74. The maximum atomic E-state index is 11.8. The summed E-state index contributed by atoms with van der Waals surface area (Å²) in [7, 11) is 0. The highest BCUT2D eigenvalue weighted by atomic mass is 35.5. The first-order valence-corrected chi connectivity index (χ1v) is 6.10. The van der Waals surface area contributed by atoms with E-state index in [1.807, 2.05) is 0 Å². The van der Waals surface area contributed by atoms with Gasteiger partial charge in [0.15, 0.2) is 0 Å². The zero-order chi connectivity index (χ0) is 13.1. The van der Waals surface area contributed by atoms with Crippen LogP contribution in [-0.4, -0.2) is 16.9 Å². The molecule has 0 aliphatic heterocycles. The summed E-state index contributed by atoms with van der Waals surface area (Å²) < 4.78 is 0. The molecule has 94 valence electrons. The Kier molecular flexibility index (Phi) is 4.66. The van der Waals surface area contributed by atoms with E-state index in [1.165, 1.54) is 6.07 Å². The fourth-order valence-electron chi connectivity index (χ4n) is 1.17. The molecule has 0 spiro atoms. The van der Waals surface area contributed by atoms with E-state index < -0.39 is 5.41 Å². The van der Waals surface area contributed by atoms with Crippen LogP contribution >= 0.6 is 23.2 Å². The normalized spacial score (nSPS) is 11.3. The monoisotopic (exact) mass is 275 g/mol. The van der Waals surface area contributed by atoms with Gasteiger partial charge in [0.2, 0.25) is 5.91 Å². The molecule has 17 heavy (non-hydrogen) atoms. The number of hydrogen-bond acceptors (Lipinski definition) is 2. The Balaban J connectivity index is 2.68. The van der Waals surface area contributed by atoms with Crippen molar-refractivity contribution in [3.63, 3.8) is 0 Å². The summed E-state index contributed by atoms with van der Waals surface area (Å²) in [6, 6.07) is 4.70. The van der Waals surface area contributed by atoms with E-state index in [2.05, 4.69) is 5.32 Å². The summed E-state index contributed by atoms with van der Waals surface area (Å²) in [5.41, 5.74) is -0.0494. The molecule has 0 aromatic heterocycles. The van der Waals surface area contributed by atoms with Crippen molar-refractivity contribution in [2.24, 2.45) is 5.41 Å². The summed E-state index contributed by atoms with van der Waals surface area (Å²) in [4.78, 5) is 11.8. The number of halogens is 2. The zero-order valence-corrected chi connectivity index (χ0v) is 11.3. The molecule has 0 bridgehead atoms. The molecule has 0 atom stereocenters. The third kappa shape index (κ3) is 3.79. The highest BCUT2D eigenvalue weighted by molar-refractivity contribution is 6.30. The Morgan fingerprint density at radius 1 is 1.47 bits per heavy atom. The van der Waals surface area contributed by atoms with Gasteiger partial charge in [-0.2, -0.15) is 0 Å². The van der Waals surface area contributed by atoms with Crippen LogP contribution in [0.4, 0.5) is 0 Å². The highest BCUT2D eigenvalue weighted by Gasteiger charge is 2.26. The van der Waals surface area contributed by atoms with Crippen molar-refractivity contribution in [2.45, 2.75) is 20.4 Å². The van der Waals surface area contributed by atoms with Crippen LogP contribution in [0.25, 0.3) is 0 Å². The summed E-state index contributed by atoms with van der Waals surface area (Å²) in [5, 5.41) is 12.8. The molecule has 3 nitrogen and oxygen atoms in total. The van der Waals surface area contributed by atoms with Crippen molar-refractivity contribution in [1.29, 1.82) is 0 Å². The molecule has 0 saturated carbocycles. The van der Waals surface area contributed by atoms with E-state index in [1.54, 1.807) is 26.0 Å².